The minimum Gasteiger partial charge on any atom is -0.480 e. The molecule has 122 valence electrons. The van der Waals surface area contributed by atoms with Crippen LogP contribution in [0.1, 0.15) is 6.92 Å². The van der Waals surface area contributed by atoms with Crippen LogP contribution in [-0.2, 0) is 19.7 Å². The van der Waals surface area contributed by atoms with Crippen LogP contribution in [0.25, 0.3) is 0 Å². The first-order chi connectivity index (χ1) is 10.6. The second-order valence-corrected chi connectivity index (χ2v) is 5.77. The Hall–Kier alpha value is -2.90. The second-order valence-electron chi connectivity index (χ2n) is 4.35. The topological polar surface area (TPSA) is 157 Å². The number of hydrogen-bond donors (Lipinski definition) is 4. The minimum atomic E-state index is -4.43. The average Bonchev–Trinajstić information content (AvgIpc) is 2.46. The summed E-state index contributed by atoms with van der Waals surface area (Å²) in [5.74, 6) is -2.04. The molecule has 0 aliphatic heterocycles. The maximum atomic E-state index is 11.9. The van der Waals surface area contributed by atoms with Gasteiger partial charge in [-0.3, -0.25) is 14.1 Å². The number of carboxylic acid groups (broad SMARTS) is 1. The first kappa shape index (κ1) is 18.1. The maximum Gasteiger partial charge on any atom is 0.325 e. The van der Waals surface area contributed by atoms with Gasteiger partial charge in [0.2, 0.25) is 0 Å². The minimum absolute atomic E-state index is 0.0394. The van der Waals surface area contributed by atoms with Crippen LogP contribution in [0.2, 0.25) is 0 Å². The van der Waals surface area contributed by atoms with Crippen molar-refractivity contribution in [1.82, 2.24) is 5.32 Å². The van der Waals surface area contributed by atoms with Gasteiger partial charge in [-0.1, -0.05) is 6.07 Å². The normalized spacial score (nSPS) is 12.8. The smallest absolute Gasteiger partial charge is 0.325 e. The lowest BCUT2D eigenvalue weighted by molar-refractivity contribution is -0.138. The highest BCUT2D eigenvalue weighted by molar-refractivity contribution is 7.85. The fourth-order valence-corrected chi connectivity index (χ4v) is 1.89. The Kier molecular flexibility index (Phi) is 5.83. The van der Waals surface area contributed by atoms with Crippen molar-refractivity contribution < 1.29 is 27.7 Å². The van der Waals surface area contributed by atoms with E-state index in [-0.39, 0.29) is 5.69 Å². The first-order valence-corrected chi connectivity index (χ1v) is 7.57. The van der Waals surface area contributed by atoms with Crippen molar-refractivity contribution in [2.24, 2.45) is 0 Å². The number of nitrogens with zero attached hydrogens (tertiary/aromatic N) is 1. The van der Waals surface area contributed by atoms with Gasteiger partial charge in [0.1, 0.15) is 17.7 Å². The van der Waals surface area contributed by atoms with E-state index >= 15 is 0 Å². The number of aliphatic carboxylic acids is 1. The molecule has 1 aromatic rings. The molecule has 0 saturated heterocycles. The predicted molar refractivity (Wildman–Crippen MR) is 78.8 cm³/mol. The number of hydrogen-bond acceptors (Lipinski definition) is 6. The fraction of sp³-hybridized carbons (Fsp3) is 0.154. The number of rotatable bonds is 6. The molecule has 0 aromatic heterocycles. The molecular weight excluding hydrogens is 326 g/mol. The summed E-state index contributed by atoms with van der Waals surface area (Å²) in [4.78, 5) is 22.1. The van der Waals surface area contributed by atoms with Gasteiger partial charge in [0, 0.05) is 11.9 Å². The van der Waals surface area contributed by atoms with Crippen molar-refractivity contribution in [2.75, 3.05) is 5.32 Å². The Labute approximate surface area is 132 Å². The summed E-state index contributed by atoms with van der Waals surface area (Å²) in [5.41, 5.74) is -0.368. The molecule has 1 amide bonds. The van der Waals surface area contributed by atoms with E-state index in [1.165, 1.54) is 19.1 Å². The van der Waals surface area contributed by atoms with Gasteiger partial charge >= 0.3 is 5.97 Å². The summed E-state index contributed by atoms with van der Waals surface area (Å²) < 4.78 is 31.0. The molecule has 23 heavy (non-hydrogen) atoms. The number of anilines is 1. The zero-order valence-electron chi connectivity index (χ0n) is 11.8. The molecular formula is C13H13N3O6S. The van der Waals surface area contributed by atoms with Gasteiger partial charge < -0.3 is 15.7 Å². The number of carbonyl (C=O) groups excluding carboxylic acids is 1. The fourth-order valence-electron chi connectivity index (χ4n) is 1.36. The highest BCUT2D eigenvalue weighted by atomic mass is 32.2. The quantitative estimate of drug-likeness (QED) is 0.328. The highest BCUT2D eigenvalue weighted by Crippen LogP contribution is 2.15. The molecule has 0 fully saturated rings. The van der Waals surface area contributed by atoms with Crippen LogP contribution in [0, 0.1) is 11.3 Å². The summed E-state index contributed by atoms with van der Waals surface area (Å²) in [5, 5.41) is 22.2. The summed E-state index contributed by atoms with van der Waals surface area (Å²) in [6.07, 6.45) is 0.945. The molecule has 1 unspecified atom stereocenters. The molecule has 0 bridgehead atoms. The van der Waals surface area contributed by atoms with Crippen LogP contribution in [0.4, 0.5) is 5.69 Å². The van der Waals surface area contributed by atoms with Crippen LogP contribution in [0.5, 0.6) is 0 Å². The van der Waals surface area contributed by atoms with Crippen molar-refractivity contribution >= 4 is 27.7 Å². The van der Waals surface area contributed by atoms with Gasteiger partial charge in [-0.2, -0.15) is 13.7 Å². The third-order valence-corrected chi connectivity index (χ3v) is 3.45. The summed E-state index contributed by atoms with van der Waals surface area (Å²) in [6, 6.07) is 5.37. The molecule has 0 saturated carbocycles. The molecule has 0 heterocycles. The van der Waals surface area contributed by atoms with Gasteiger partial charge in [-0.15, -0.1) is 0 Å². The Morgan fingerprint density at radius 3 is 2.57 bits per heavy atom. The lowest BCUT2D eigenvalue weighted by Gasteiger charge is -2.08. The van der Waals surface area contributed by atoms with Crippen LogP contribution in [-0.4, -0.2) is 36.0 Å². The Bertz CT molecular complexity index is 794. The maximum absolute atomic E-state index is 11.9. The highest BCUT2D eigenvalue weighted by Gasteiger charge is 2.14. The number of nitrogens with one attached hydrogen (secondary N) is 2. The van der Waals surface area contributed by atoms with E-state index in [4.69, 9.17) is 14.9 Å². The van der Waals surface area contributed by atoms with Crippen LogP contribution in [0.3, 0.4) is 0 Å². The van der Waals surface area contributed by atoms with E-state index in [0.29, 0.717) is 0 Å². The summed E-state index contributed by atoms with van der Waals surface area (Å²) in [7, 11) is -4.43. The van der Waals surface area contributed by atoms with E-state index in [2.05, 4.69) is 10.6 Å². The lowest BCUT2D eigenvalue weighted by Crippen LogP contribution is -2.30. The molecule has 0 radical (unpaired) electrons. The average molecular weight is 339 g/mol. The Morgan fingerprint density at radius 1 is 1.39 bits per heavy atom. The van der Waals surface area contributed by atoms with Crippen molar-refractivity contribution in [1.29, 1.82) is 5.26 Å². The van der Waals surface area contributed by atoms with E-state index in [1.54, 1.807) is 6.07 Å². The van der Waals surface area contributed by atoms with E-state index in [1.807, 2.05) is 0 Å². The number of carbonyl (C=O) groups is 2. The lowest BCUT2D eigenvalue weighted by atomic mass is 10.2. The Balaban J connectivity index is 2.92. The van der Waals surface area contributed by atoms with Crippen molar-refractivity contribution in [3.8, 4) is 6.07 Å². The van der Waals surface area contributed by atoms with Crippen LogP contribution >= 0.6 is 0 Å². The SMILES string of the molecule is CC(N/C=C(/C#N)C(=O)Nc1cccc(S(=O)(=O)O)c1)C(=O)O. The molecule has 9 nitrogen and oxygen atoms in total. The monoisotopic (exact) mass is 339 g/mol. The second kappa shape index (κ2) is 7.39. The third kappa shape index (κ3) is 5.42. The van der Waals surface area contributed by atoms with Crippen LogP contribution < -0.4 is 10.6 Å². The van der Waals surface area contributed by atoms with Gasteiger partial charge in [0.15, 0.2) is 0 Å². The summed E-state index contributed by atoms with van der Waals surface area (Å²) in [6.45, 7) is 1.32. The van der Waals surface area contributed by atoms with Gasteiger partial charge in [0.05, 0.1) is 4.90 Å². The standard InChI is InChI=1S/C13H13N3O6S/c1-8(13(18)19)15-7-9(6-14)12(17)16-10-3-2-4-11(5-10)23(20,21)22/h2-5,7-8,15H,1H3,(H,16,17)(H,18,19)(H,20,21,22)/b9-7-. The van der Waals surface area contributed by atoms with Gasteiger partial charge in [0.25, 0.3) is 16.0 Å². The molecule has 1 rings (SSSR count). The molecule has 0 spiro atoms. The molecule has 0 aliphatic rings. The summed E-state index contributed by atoms with van der Waals surface area (Å²) >= 11 is 0. The van der Waals surface area contributed by atoms with Crippen molar-refractivity contribution in [3.63, 3.8) is 0 Å². The zero-order chi connectivity index (χ0) is 17.6. The predicted octanol–water partition coefficient (Wildman–Crippen LogP) is 0.342. The molecule has 1 aromatic carbocycles. The van der Waals surface area contributed by atoms with E-state index in [9.17, 15) is 18.0 Å². The van der Waals surface area contributed by atoms with Crippen LogP contribution in [0.15, 0.2) is 40.9 Å². The van der Waals surface area contributed by atoms with E-state index < -0.39 is 38.5 Å². The largest absolute Gasteiger partial charge is 0.480 e. The zero-order valence-corrected chi connectivity index (χ0v) is 12.7. The molecule has 10 heteroatoms. The van der Waals surface area contributed by atoms with Crippen molar-refractivity contribution in [2.45, 2.75) is 17.9 Å². The third-order valence-electron chi connectivity index (χ3n) is 2.60. The number of amides is 1. The van der Waals surface area contributed by atoms with Gasteiger partial charge in [-0.25, -0.2) is 0 Å². The first-order valence-electron chi connectivity index (χ1n) is 6.13. The van der Waals surface area contributed by atoms with Gasteiger partial charge in [-0.05, 0) is 25.1 Å². The number of benzene rings is 1. The molecule has 4 N–H and O–H groups in total. The Morgan fingerprint density at radius 2 is 2.04 bits per heavy atom. The number of carboxylic acids is 1. The molecule has 1 atom stereocenters. The van der Waals surface area contributed by atoms with Crippen molar-refractivity contribution in [3.05, 3.63) is 36.0 Å². The molecule has 0 aliphatic carbocycles. The number of nitriles is 1. The van der Waals surface area contributed by atoms with E-state index in [0.717, 1.165) is 18.3 Å².